The molecule has 10 aromatic rings. The lowest BCUT2D eigenvalue weighted by Gasteiger charge is -2.15. The van der Waals surface area contributed by atoms with Crippen LogP contribution in [-0.4, -0.2) is 4.57 Å². The second-order valence-electron chi connectivity index (χ2n) is 14.7. The largest absolute Gasteiger partial charge is 0.317 e. The monoisotopic (exact) mass is 725 g/mol. The van der Waals surface area contributed by atoms with E-state index in [9.17, 15) is 0 Å². The molecule has 1 aromatic heterocycles. The van der Waals surface area contributed by atoms with Gasteiger partial charge in [-0.3, -0.25) is 0 Å². The molecule has 0 aliphatic heterocycles. The Bertz CT molecular complexity index is 2920. The van der Waals surface area contributed by atoms with Crippen molar-refractivity contribution in [3.8, 4) is 83.6 Å². The summed E-state index contributed by atoms with van der Waals surface area (Å²) in [6.07, 6.45) is 2.19. The van der Waals surface area contributed by atoms with Gasteiger partial charge in [0, 0.05) is 17.3 Å². The SMILES string of the molecule is c1ccc(-c2cccc(-c3cc(-c4cc(-c5ccccc5)cc(-c5ccccc5)c4)cc(-c4ccc5c(ccn5-c5cccc(-c6ccccc6)c5)c4)c3)c2)cc1. The Morgan fingerprint density at radius 3 is 1.04 bits per heavy atom. The molecule has 0 fully saturated rings. The van der Waals surface area contributed by atoms with Crippen LogP contribution < -0.4 is 0 Å². The summed E-state index contributed by atoms with van der Waals surface area (Å²) < 4.78 is 2.29. The normalized spacial score (nSPS) is 11.2. The fourth-order valence-electron chi connectivity index (χ4n) is 8.04. The third kappa shape index (κ3) is 6.99. The zero-order valence-corrected chi connectivity index (χ0v) is 31.5. The van der Waals surface area contributed by atoms with Crippen LogP contribution in [-0.2, 0) is 0 Å². The van der Waals surface area contributed by atoms with Crippen molar-refractivity contribution in [2.75, 3.05) is 0 Å². The highest BCUT2D eigenvalue weighted by atomic mass is 15.0. The van der Waals surface area contributed by atoms with Crippen molar-refractivity contribution in [3.05, 3.63) is 237 Å². The van der Waals surface area contributed by atoms with E-state index in [1.165, 1.54) is 88.8 Å². The van der Waals surface area contributed by atoms with E-state index in [2.05, 4.69) is 241 Å². The van der Waals surface area contributed by atoms with Crippen LogP contribution in [0.1, 0.15) is 0 Å². The van der Waals surface area contributed by atoms with Crippen molar-refractivity contribution in [3.63, 3.8) is 0 Å². The van der Waals surface area contributed by atoms with Crippen molar-refractivity contribution in [1.29, 1.82) is 0 Å². The summed E-state index contributed by atoms with van der Waals surface area (Å²) in [5, 5.41) is 1.20. The van der Waals surface area contributed by atoms with Crippen molar-refractivity contribution in [2.45, 2.75) is 0 Å². The van der Waals surface area contributed by atoms with Crippen LogP contribution in [0.25, 0.3) is 94.5 Å². The quantitative estimate of drug-likeness (QED) is 0.147. The summed E-state index contributed by atoms with van der Waals surface area (Å²) in [5.74, 6) is 0. The Labute approximate surface area is 334 Å². The molecule has 10 rings (SSSR count). The van der Waals surface area contributed by atoms with Crippen LogP contribution in [0.2, 0.25) is 0 Å². The third-order valence-corrected chi connectivity index (χ3v) is 11.0. The molecule has 0 aliphatic rings. The van der Waals surface area contributed by atoms with Gasteiger partial charge in [0.05, 0.1) is 5.52 Å². The van der Waals surface area contributed by atoms with Crippen LogP contribution >= 0.6 is 0 Å². The van der Waals surface area contributed by atoms with E-state index in [-0.39, 0.29) is 0 Å². The highest BCUT2D eigenvalue weighted by molar-refractivity contribution is 5.91. The molecule has 0 atom stereocenters. The Morgan fingerprint density at radius 2 is 0.544 bits per heavy atom. The summed E-state index contributed by atoms with van der Waals surface area (Å²) in [6, 6.07) is 83.6. The topological polar surface area (TPSA) is 4.93 Å². The zero-order chi connectivity index (χ0) is 38.0. The number of fused-ring (bicyclic) bond motifs is 1. The molecule has 0 N–H and O–H groups in total. The molecule has 1 heterocycles. The molecule has 0 amide bonds. The lowest BCUT2D eigenvalue weighted by molar-refractivity contribution is 1.13. The van der Waals surface area contributed by atoms with E-state index < -0.39 is 0 Å². The molecular weight excluding hydrogens is 687 g/mol. The molecular formula is C56H39N. The maximum Gasteiger partial charge on any atom is 0.0528 e. The van der Waals surface area contributed by atoms with Gasteiger partial charge in [0.2, 0.25) is 0 Å². The summed E-state index contributed by atoms with van der Waals surface area (Å²) in [6.45, 7) is 0. The summed E-state index contributed by atoms with van der Waals surface area (Å²) in [5.41, 5.74) is 19.1. The fraction of sp³-hybridized carbons (Fsp3) is 0. The number of rotatable bonds is 8. The molecule has 9 aromatic carbocycles. The first-order valence-corrected chi connectivity index (χ1v) is 19.6. The molecule has 57 heavy (non-hydrogen) atoms. The summed E-state index contributed by atoms with van der Waals surface area (Å²) in [4.78, 5) is 0. The summed E-state index contributed by atoms with van der Waals surface area (Å²) >= 11 is 0. The van der Waals surface area contributed by atoms with Gasteiger partial charge in [-0.25, -0.2) is 0 Å². The Hall–Kier alpha value is -7.48. The molecule has 0 saturated heterocycles. The van der Waals surface area contributed by atoms with Crippen LogP contribution in [0, 0.1) is 0 Å². The van der Waals surface area contributed by atoms with E-state index in [0.717, 1.165) is 5.69 Å². The van der Waals surface area contributed by atoms with Gasteiger partial charge in [0.1, 0.15) is 0 Å². The first kappa shape index (κ1) is 34.0. The third-order valence-electron chi connectivity index (χ3n) is 11.0. The lowest BCUT2D eigenvalue weighted by atomic mass is 9.89. The van der Waals surface area contributed by atoms with Crippen molar-refractivity contribution >= 4 is 10.9 Å². The van der Waals surface area contributed by atoms with Gasteiger partial charge in [-0.15, -0.1) is 0 Å². The maximum atomic E-state index is 2.37. The first-order chi connectivity index (χ1) is 28.2. The van der Waals surface area contributed by atoms with E-state index in [1.807, 2.05) is 0 Å². The Morgan fingerprint density at radius 1 is 0.211 bits per heavy atom. The van der Waals surface area contributed by atoms with Gasteiger partial charge in [-0.2, -0.15) is 0 Å². The molecule has 268 valence electrons. The highest BCUT2D eigenvalue weighted by Gasteiger charge is 2.14. The number of aromatic nitrogens is 1. The smallest absolute Gasteiger partial charge is 0.0528 e. The van der Waals surface area contributed by atoms with E-state index in [0.29, 0.717) is 0 Å². The fourth-order valence-corrected chi connectivity index (χ4v) is 8.04. The number of hydrogen-bond donors (Lipinski definition) is 0. The standard InChI is InChI=1S/C56H39N/c1-5-15-40(16-6-1)44-23-13-24-45(31-44)51-36-52(38-54(37-51)53-34-49(42-19-9-3-10-20-42)33-50(35-53)43-21-11-4-12-22-43)47-27-28-56-48(32-47)29-30-57(56)55-26-14-25-46(39-55)41-17-7-2-8-18-41/h1-39H. The summed E-state index contributed by atoms with van der Waals surface area (Å²) in [7, 11) is 0. The average molecular weight is 726 g/mol. The molecule has 0 bridgehead atoms. The van der Waals surface area contributed by atoms with Crippen LogP contribution in [0.3, 0.4) is 0 Å². The minimum absolute atomic E-state index is 1.15. The first-order valence-electron chi connectivity index (χ1n) is 19.6. The molecule has 1 nitrogen and oxygen atoms in total. The number of hydrogen-bond acceptors (Lipinski definition) is 0. The van der Waals surface area contributed by atoms with Crippen molar-refractivity contribution in [1.82, 2.24) is 4.57 Å². The van der Waals surface area contributed by atoms with Gasteiger partial charge in [0.15, 0.2) is 0 Å². The van der Waals surface area contributed by atoms with E-state index >= 15 is 0 Å². The maximum absolute atomic E-state index is 2.37. The zero-order valence-electron chi connectivity index (χ0n) is 31.5. The number of nitrogens with zero attached hydrogens (tertiary/aromatic N) is 1. The Balaban J connectivity index is 1.12. The van der Waals surface area contributed by atoms with Crippen molar-refractivity contribution in [2.24, 2.45) is 0 Å². The Kier molecular flexibility index (Phi) is 8.95. The van der Waals surface area contributed by atoms with Crippen LogP contribution in [0.4, 0.5) is 0 Å². The second-order valence-corrected chi connectivity index (χ2v) is 14.7. The highest BCUT2D eigenvalue weighted by Crippen LogP contribution is 2.39. The molecule has 0 unspecified atom stereocenters. The van der Waals surface area contributed by atoms with Gasteiger partial charge in [-0.1, -0.05) is 158 Å². The van der Waals surface area contributed by atoms with E-state index in [4.69, 9.17) is 0 Å². The van der Waals surface area contributed by atoms with E-state index in [1.54, 1.807) is 0 Å². The lowest BCUT2D eigenvalue weighted by Crippen LogP contribution is -1.92. The second kappa shape index (κ2) is 15.0. The predicted molar refractivity (Wildman–Crippen MR) is 241 cm³/mol. The minimum atomic E-state index is 1.15. The minimum Gasteiger partial charge on any atom is -0.317 e. The van der Waals surface area contributed by atoms with Gasteiger partial charge in [0.25, 0.3) is 0 Å². The van der Waals surface area contributed by atoms with Gasteiger partial charge >= 0.3 is 0 Å². The molecule has 0 radical (unpaired) electrons. The molecule has 0 spiro atoms. The molecule has 0 aliphatic carbocycles. The van der Waals surface area contributed by atoms with Gasteiger partial charge in [-0.05, 0) is 151 Å². The van der Waals surface area contributed by atoms with Crippen LogP contribution in [0.15, 0.2) is 237 Å². The van der Waals surface area contributed by atoms with Crippen molar-refractivity contribution < 1.29 is 0 Å². The van der Waals surface area contributed by atoms with Gasteiger partial charge < -0.3 is 4.57 Å². The van der Waals surface area contributed by atoms with Crippen LogP contribution in [0.5, 0.6) is 0 Å². The number of benzene rings is 9. The molecule has 1 heteroatoms. The molecule has 0 saturated carbocycles. The average Bonchev–Trinajstić information content (AvgIpc) is 3.74. The predicted octanol–water partition coefficient (Wildman–Crippen LogP) is 15.3.